The number of aryl methyl sites for hydroxylation is 1. The maximum absolute atomic E-state index is 12.3. The number of carbonyl (C=O) groups is 2. The molecule has 2 atom stereocenters. The van der Waals surface area contributed by atoms with Crippen molar-refractivity contribution in [3.63, 3.8) is 0 Å². The first-order chi connectivity index (χ1) is 12.6. The summed E-state index contributed by atoms with van der Waals surface area (Å²) in [6.45, 7) is 5.84. The predicted molar refractivity (Wildman–Crippen MR) is 103 cm³/mol. The molecule has 3 rings (SSSR count). The van der Waals surface area contributed by atoms with Crippen LogP contribution in [-0.2, 0) is 9.59 Å². The van der Waals surface area contributed by atoms with Gasteiger partial charge >= 0.3 is 0 Å². The number of amides is 2. The molecule has 2 heterocycles. The van der Waals surface area contributed by atoms with E-state index in [1.54, 1.807) is 0 Å². The molecule has 0 bridgehead atoms. The number of hydrogen-bond acceptors (Lipinski definition) is 4. The third-order valence-corrected chi connectivity index (χ3v) is 5.33. The van der Waals surface area contributed by atoms with Crippen molar-refractivity contribution in [3.05, 3.63) is 29.8 Å². The van der Waals surface area contributed by atoms with E-state index in [0.717, 1.165) is 56.6 Å². The van der Waals surface area contributed by atoms with Crippen LogP contribution in [0.1, 0.15) is 31.2 Å². The molecule has 2 unspecified atom stereocenters. The van der Waals surface area contributed by atoms with Gasteiger partial charge in [-0.3, -0.25) is 14.5 Å². The van der Waals surface area contributed by atoms with Crippen molar-refractivity contribution in [1.29, 1.82) is 0 Å². The Labute approximate surface area is 155 Å². The van der Waals surface area contributed by atoms with Gasteiger partial charge in [0.05, 0.1) is 12.6 Å². The Morgan fingerprint density at radius 2 is 2.08 bits per heavy atom. The topological polar surface area (TPSA) is 73.5 Å². The Balaban J connectivity index is 1.42. The van der Waals surface area contributed by atoms with Crippen LogP contribution in [-0.4, -0.2) is 55.5 Å². The molecular weight excluding hydrogens is 328 g/mol. The number of piperidine rings is 1. The molecule has 2 aliphatic heterocycles. The zero-order chi connectivity index (χ0) is 18.4. The van der Waals surface area contributed by atoms with Gasteiger partial charge in [0.15, 0.2) is 0 Å². The van der Waals surface area contributed by atoms with Crippen molar-refractivity contribution in [3.8, 4) is 0 Å². The van der Waals surface area contributed by atoms with E-state index in [1.165, 1.54) is 0 Å². The molecule has 142 valence electrons. The molecule has 2 saturated heterocycles. The molecule has 26 heavy (non-hydrogen) atoms. The first-order valence-electron chi connectivity index (χ1n) is 9.71. The normalized spacial score (nSPS) is 23.6. The lowest BCUT2D eigenvalue weighted by Crippen LogP contribution is -2.46. The maximum atomic E-state index is 12.3. The van der Waals surface area contributed by atoms with E-state index in [0.29, 0.717) is 19.0 Å². The van der Waals surface area contributed by atoms with E-state index in [9.17, 15) is 9.59 Å². The van der Waals surface area contributed by atoms with Crippen LogP contribution in [0.5, 0.6) is 0 Å². The van der Waals surface area contributed by atoms with Crippen molar-refractivity contribution in [1.82, 2.24) is 15.5 Å². The highest BCUT2D eigenvalue weighted by Crippen LogP contribution is 2.17. The van der Waals surface area contributed by atoms with E-state index >= 15 is 0 Å². The third kappa shape index (κ3) is 5.29. The minimum absolute atomic E-state index is 0.0189. The number of nitrogens with zero attached hydrogens (tertiary/aromatic N) is 1. The second-order valence-electron chi connectivity index (χ2n) is 7.50. The number of nitrogens with one attached hydrogen (secondary N) is 3. The van der Waals surface area contributed by atoms with E-state index in [1.807, 2.05) is 31.2 Å². The SMILES string of the molecule is Cc1ccccc1NC(=O)CN1CCCC(CNC(=O)C2CCCN2)C1. The largest absolute Gasteiger partial charge is 0.354 e. The van der Waals surface area contributed by atoms with E-state index in [2.05, 4.69) is 20.9 Å². The molecule has 6 heteroatoms. The fourth-order valence-corrected chi connectivity index (χ4v) is 3.84. The predicted octanol–water partition coefficient (Wildman–Crippen LogP) is 1.51. The van der Waals surface area contributed by atoms with Gasteiger partial charge in [0, 0.05) is 18.8 Å². The van der Waals surface area contributed by atoms with E-state index in [4.69, 9.17) is 0 Å². The van der Waals surface area contributed by atoms with Crippen molar-refractivity contribution >= 4 is 17.5 Å². The summed E-state index contributed by atoms with van der Waals surface area (Å²) in [7, 11) is 0. The summed E-state index contributed by atoms with van der Waals surface area (Å²) in [5.74, 6) is 0.566. The molecule has 0 spiro atoms. The molecule has 3 N–H and O–H groups in total. The molecule has 0 radical (unpaired) electrons. The number of para-hydroxylation sites is 1. The van der Waals surface area contributed by atoms with Crippen LogP contribution in [0.15, 0.2) is 24.3 Å². The first kappa shape index (κ1) is 18.9. The lowest BCUT2D eigenvalue weighted by molar-refractivity contribution is -0.123. The summed E-state index contributed by atoms with van der Waals surface area (Å²) in [4.78, 5) is 26.7. The monoisotopic (exact) mass is 358 g/mol. The minimum atomic E-state index is -0.0189. The van der Waals surface area contributed by atoms with Gasteiger partial charge in [0.25, 0.3) is 0 Å². The highest BCUT2D eigenvalue weighted by atomic mass is 16.2. The summed E-state index contributed by atoms with van der Waals surface area (Å²) in [6.07, 6.45) is 4.18. The molecular formula is C20H30N4O2. The van der Waals surface area contributed by atoms with E-state index in [-0.39, 0.29) is 17.9 Å². The number of likely N-dealkylation sites (tertiary alicyclic amines) is 1. The van der Waals surface area contributed by atoms with Gasteiger partial charge in [-0.2, -0.15) is 0 Å². The van der Waals surface area contributed by atoms with Crippen LogP contribution in [0.2, 0.25) is 0 Å². The Morgan fingerprint density at radius 3 is 2.85 bits per heavy atom. The van der Waals surface area contributed by atoms with Crippen LogP contribution in [0.3, 0.4) is 0 Å². The van der Waals surface area contributed by atoms with Crippen molar-refractivity contribution in [2.75, 3.05) is 38.0 Å². The lowest BCUT2D eigenvalue weighted by Gasteiger charge is -2.32. The lowest BCUT2D eigenvalue weighted by atomic mass is 9.98. The Bertz CT molecular complexity index is 628. The summed E-state index contributed by atoms with van der Waals surface area (Å²) in [5.41, 5.74) is 1.95. The van der Waals surface area contributed by atoms with Gasteiger partial charge < -0.3 is 16.0 Å². The van der Waals surface area contributed by atoms with Gasteiger partial charge in [-0.1, -0.05) is 18.2 Å². The minimum Gasteiger partial charge on any atom is -0.354 e. The number of carbonyl (C=O) groups excluding carboxylic acids is 2. The average Bonchev–Trinajstić information content (AvgIpc) is 3.17. The average molecular weight is 358 g/mol. The quantitative estimate of drug-likeness (QED) is 0.721. The van der Waals surface area contributed by atoms with Gasteiger partial charge in [-0.15, -0.1) is 0 Å². The Morgan fingerprint density at radius 1 is 1.23 bits per heavy atom. The molecule has 0 saturated carbocycles. The summed E-state index contributed by atoms with van der Waals surface area (Å²) in [5, 5.41) is 9.32. The zero-order valence-electron chi connectivity index (χ0n) is 15.6. The molecule has 2 aliphatic rings. The second kappa shape index (κ2) is 9.14. The van der Waals surface area contributed by atoms with Gasteiger partial charge in [0.2, 0.25) is 11.8 Å². The van der Waals surface area contributed by atoms with Gasteiger partial charge in [0.1, 0.15) is 0 Å². The third-order valence-electron chi connectivity index (χ3n) is 5.33. The molecule has 1 aromatic carbocycles. The fourth-order valence-electron chi connectivity index (χ4n) is 3.84. The molecule has 6 nitrogen and oxygen atoms in total. The van der Waals surface area contributed by atoms with Crippen LogP contribution in [0, 0.1) is 12.8 Å². The maximum Gasteiger partial charge on any atom is 0.238 e. The fraction of sp³-hybridized carbons (Fsp3) is 0.600. The number of benzene rings is 1. The first-order valence-corrected chi connectivity index (χ1v) is 9.71. The number of hydrogen-bond donors (Lipinski definition) is 3. The Hall–Kier alpha value is -1.92. The summed E-state index contributed by atoms with van der Waals surface area (Å²) < 4.78 is 0. The molecule has 0 aromatic heterocycles. The Kier molecular flexibility index (Phi) is 6.63. The van der Waals surface area contributed by atoms with Crippen molar-refractivity contribution in [2.24, 2.45) is 5.92 Å². The van der Waals surface area contributed by atoms with Gasteiger partial charge in [-0.25, -0.2) is 0 Å². The van der Waals surface area contributed by atoms with Crippen LogP contribution < -0.4 is 16.0 Å². The van der Waals surface area contributed by atoms with E-state index < -0.39 is 0 Å². The molecule has 2 amide bonds. The smallest absolute Gasteiger partial charge is 0.238 e. The zero-order valence-corrected chi connectivity index (χ0v) is 15.6. The number of rotatable bonds is 6. The van der Waals surface area contributed by atoms with Gasteiger partial charge in [-0.05, 0) is 63.2 Å². The summed E-state index contributed by atoms with van der Waals surface area (Å²) in [6, 6.07) is 7.80. The highest BCUT2D eigenvalue weighted by Gasteiger charge is 2.25. The van der Waals surface area contributed by atoms with Crippen LogP contribution in [0.25, 0.3) is 0 Å². The molecule has 0 aliphatic carbocycles. The van der Waals surface area contributed by atoms with Crippen LogP contribution >= 0.6 is 0 Å². The molecule has 1 aromatic rings. The number of anilines is 1. The molecule has 2 fully saturated rings. The van der Waals surface area contributed by atoms with Crippen LogP contribution in [0.4, 0.5) is 5.69 Å². The highest BCUT2D eigenvalue weighted by molar-refractivity contribution is 5.92. The van der Waals surface area contributed by atoms with Crippen molar-refractivity contribution < 1.29 is 9.59 Å². The van der Waals surface area contributed by atoms with Crippen molar-refractivity contribution in [2.45, 2.75) is 38.6 Å². The second-order valence-corrected chi connectivity index (χ2v) is 7.50. The standard InChI is InChI=1S/C20H30N4O2/c1-15-6-2-3-8-17(15)23-19(25)14-24-11-5-7-16(13-24)12-22-20(26)18-9-4-10-21-18/h2-3,6,8,16,18,21H,4-5,7,9-14H2,1H3,(H,22,26)(H,23,25). The summed E-state index contributed by atoms with van der Waals surface area (Å²) >= 11 is 0.